The van der Waals surface area contributed by atoms with E-state index in [4.69, 9.17) is 13.9 Å². The number of methoxy groups -OCH3 is 1. The lowest BCUT2D eigenvalue weighted by Gasteiger charge is -2.03. The normalized spacial score (nSPS) is 10.1. The average molecular weight is 247 g/mol. The molecule has 0 fully saturated rings. The zero-order valence-corrected chi connectivity index (χ0v) is 10.2. The number of hydrogen-bond donors (Lipinski definition) is 0. The third-order valence-corrected chi connectivity index (χ3v) is 2.39. The van der Waals surface area contributed by atoms with Crippen LogP contribution >= 0.6 is 0 Å². The van der Waals surface area contributed by atoms with E-state index < -0.39 is 5.97 Å². The number of rotatable bonds is 4. The van der Waals surface area contributed by atoms with Crippen molar-refractivity contribution in [3.05, 3.63) is 36.4 Å². The lowest BCUT2D eigenvalue weighted by Crippen LogP contribution is -2.06. The van der Waals surface area contributed by atoms with Gasteiger partial charge in [0, 0.05) is 5.56 Å². The summed E-state index contributed by atoms with van der Waals surface area (Å²) < 4.78 is 15.2. The van der Waals surface area contributed by atoms with Gasteiger partial charge in [0.15, 0.2) is 17.8 Å². The van der Waals surface area contributed by atoms with Crippen molar-refractivity contribution in [1.29, 1.82) is 0 Å². The van der Waals surface area contributed by atoms with Crippen molar-refractivity contribution in [2.45, 2.75) is 6.92 Å². The molecule has 5 nitrogen and oxygen atoms in total. The number of hydrogen-bond acceptors (Lipinski definition) is 5. The Bertz CT molecular complexity index is 530. The minimum absolute atomic E-state index is 0.182. The standard InChI is InChI=1S/C13H13NO4/c1-3-17-13(15)11-12(18-8-14-11)9-4-6-10(16-2)7-5-9/h4-8H,3H2,1-2H3. The number of carbonyl (C=O) groups excluding carboxylic acids is 1. The summed E-state index contributed by atoms with van der Waals surface area (Å²) in [6.45, 7) is 2.04. The van der Waals surface area contributed by atoms with E-state index in [9.17, 15) is 4.79 Å². The van der Waals surface area contributed by atoms with Crippen molar-refractivity contribution in [3.8, 4) is 17.1 Å². The molecule has 0 unspecified atom stereocenters. The summed E-state index contributed by atoms with van der Waals surface area (Å²) in [6.07, 6.45) is 1.23. The van der Waals surface area contributed by atoms with Crippen molar-refractivity contribution in [1.82, 2.24) is 4.98 Å². The molecular formula is C13H13NO4. The molecule has 2 aromatic rings. The van der Waals surface area contributed by atoms with Crippen molar-refractivity contribution in [2.75, 3.05) is 13.7 Å². The SMILES string of the molecule is CCOC(=O)c1ncoc1-c1ccc(OC)cc1. The van der Waals surface area contributed by atoms with Gasteiger partial charge in [0.25, 0.3) is 0 Å². The third kappa shape index (κ3) is 2.34. The van der Waals surface area contributed by atoms with Crippen LogP contribution in [0.2, 0.25) is 0 Å². The van der Waals surface area contributed by atoms with Crippen molar-refractivity contribution in [2.24, 2.45) is 0 Å². The molecule has 1 aromatic carbocycles. The second-order valence-electron chi connectivity index (χ2n) is 3.48. The minimum atomic E-state index is -0.489. The van der Waals surface area contributed by atoms with Crippen LogP contribution in [0.15, 0.2) is 35.1 Å². The molecule has 0 radical (unpaired) electrons. The Morgan fingerprint density at radius 1 is 1.33 bits per heavy atom. The lowest BCUT2D eigenvalue weighted by atomic mass is 10.1. The molecule has 0 amide bonds. The molecule has 2 rings (SSSR count). The van der Waals surface area contributed by atoms with Crippen molar-refractivity contribution in [3.63, 3.8) is 0 Å². The molecule has 0 N–H and O–H groups in total. The van der Waals surface area contributed by atoms with Gasteiger partial charge in [0.1, 0.15) is 5.75 Å². The fourth-order valence-corrected chi connectivity index (χ4v) is 1.54. The van der Waals surface area contributed by atoms with E-state index >= 15 is 0 Å². The molecule has 18 heavy (non-hydrogen) atoms. The van der Waals surface area contributed by atoms with Crippen LogP contribution < -0.4 is 4.74 Å². The molecule has 0 saturated carbocycles. The van der Waals surface area contributed by atoms with E-state index in [0.717, 1.165) is 11.3 Å². The molecule has 1 heterocycles. The molecule has 5 heteroatoms. The molecule has 0 aliphatic heterocycles. The predicted molar refractivity (Wildman–Crippen MR) is 64.4 cm³/mol. The van der Waals surface area contributed by atoms with Gasteiger partial charge in [-0.2, -0.15) is 0 Å². The summed E-state index contributed by atoms with van der Waals surface area (Å²) in [5.74, 6) is 0.643. The van der Waals surface area contributed by atoms with E-state index in [1.165, 1.54) is 6.39 Å². The van der Waals surface area contributed by atoms with Crippen LogP contribution in [-0.4, -0.2) is 24.7 Å². The number of oxazole rings is 1. The van der Waals surface area contributed by atoms with Crippen molar-refractivity contribution < 1.29 is 18.7 Å². The maximum Gasteiger partial charge on any atom is 0.360 e. The molecule has 0 aliphatic carbocycles. The first-order chi connectivity index (χ1) is 8.76. The van der Waals surface area contributed by atoms with Gasteiger partial charge in [0.2, 0.25) is 0 Å². The van der Waals surface area contributed by atoms with E-state index in [-0.39, 0.29) is 5.69 Å². The Balaban J connectivity index is 2.32. The summed E-state index contributed by atoms with van der Waals surface area (Å²) in [4.78, 5) is 15.5. The number of nitrogens with zero attached hydrogens (tertiary/aromatic N) is 1. The molecule has 0 bridgehead atoms. The van der Waals surface area contributed by atoms with Gasteiger partial charge in [0.05, 0.1) is 13.7 Å². The van der Waals surface area contributed by atoms with Gasteiger partial charge in [-0.1, -0.05) is 0 Å². The number of aromatic nitrogens is 1. The predicted octanol–water partition coefficient (Wildman–Crippen LogP) is 2.53. The second kappa shape index (κ2) is 5.35. The van der Waals surface area contributed by atoms with Crippen LogP contribution in [0, 0.1) is 0 Å². The number of esters is 1. The maximum absolute atomic E-state index is 11.7. The number of benzene rings is 1. The fourth-order valence-electron chi connectivity index (χ4n) is 1.54. The zero-order chi connectivity index (χ0) is 13.0. The summed E-state index contributed by atoms with van der Waals surface area (Å²) in [6, 6.07) is 7.16. The third-order valence-electron chi connectivity index (χ3n) is 2.39. The highest BCUT2D eigenvalue weighted by atomic mass is 16.5. The van der Waals surface area contributed by atoms with Gasteiger partial charge >= 0.3 is 5.97 Å². The lowest BCUT2D eigenvalue weighted by molar-refractivity contribution is 0.0520. The first-order valence-corrected chi connectivity index (χ1v) is 5.51. The van der Waals surface area contributed by atoms with Crippen molar-refractivity contribution >= 4 is 5.97 Å². The summed E-state index contributed by atoms with van der Waals surface area (Å²) in [7, 11) is 1.59. The maximum atomic E-state index is 11.7. The van der Waals surface area contributed by atoms with Gasteiger partial charge in [-0.3, -0.25) is 0 Å². The smallest absolute Gasteiger partial charge is 0.360 e. The Kier molecular flexibility index (Phi) is 3.62. The Morgan fingerprint density at radius 2 is 2.06 bits per heavy atom. The second-order valence-corrected chi connectivity index (χ2v) is 3.48. The van der Waals surface area contributed by atoms with Crippen LogP contribution in [0.4, 0.5) is 0 Å². The number of ether oxygens (including phenoxy) is 2. The Hall–Kier alpha value is -2.30. The largest absolute Gasteiger partial charge is 0.497 e. The Morgan fingerprint density at radius 3 is 2.67 bits per heavy atom. The monoisotopic (exact) mass is 247 g/mol. The highest BCUT2D eigenvalue weighted by molar-refractivity contribution is 5.93. The van der Waals surface area contributed by atoms with E-state index in [2.05, 4.69) is 4.98 Å². The molecule has 94 valence electrons. The molecule has 1 aromatic heterocycles. The first kappa shape index (κ1) is 12.2. The summed E-state index contributed by atoms with van der Waals surface area (Å²) in [5, 5.41) is 0. The highest BCUT2D eigenvalue weighted by Crippen LogP contribution is 2.25. The zero-order valence-electron chi connectivity index (χ0n) is 10.2. The van der Waals surface area contributed by atoms with Crippen LogP contribution in [0.3, 0.4) is 0 Å². The van der Waals surface area contributed by atoms with Crippen LogP contribution in [-0.2, 0) is 4.74 Å². The molecule has 0 atom stereocenters. The van der Waals surface area contributed by atoms with E-state index in [0.29, 0.717) is 12.4 Å². The summed E-state index contributed by atoms with van der Waals surface area (Å²) >= 11 is 0. The van der Waals surface area contributed by atoms with Crippen LogP contribution in [0.5, 0.6) is 5.75 Å². The van der Waals surface area contributed by atoms with Gasteiger partial charge in [-0.05, 0) is 31.2 Å². The topological polar surface area (TPSA) is 61.6 Å². The highest BCUT2D eigenvalue weighted by Gasteiger charge is 2.19. The summed E-state index contributed by atoms with van der Waals surface area (Å²) in [5.41, 5.74) is 0.929. The quantitative estimate of drug-likeness (QED) is 0.777. The van der Waals surface area contributed by atoms with Crippen LogP contribution in [0.1, 0.15) is 17.4 Å². The fraction of sp³-hybridized carbons (Fsp3) is 0.231. The Labute approximate surface area is 104 Å². The molecule has 0 aliphatic rings. The minimum Gasteiger partial charge on any atom is -0.497 e. The van der Waals surface area contributed by atoms with E-state index in [1.54, 1.807) is 38.3 Å². The first-order valence-electron chi connectivity index (χ1n) is 5.51. The van der Waals surface area contributed by atoms with Gasteiger partial charge in [-0.15, -0.1) is 0 Å². The molecular weight excluding hydrogens is 234 g/mol. The van der Waals surface area contributed by atoms with Gasteiger partial charge in [-0.25, -0.2) is 9.78 Å². The van der Waals surface area contributed by atoms with E-state index in [1.807, 2.05) is 0 Å². The van der Waals surface area contributed by atoms with Gasteiger partial charge < -0.3 is 13.9 Å². The average Bonchev–Trinajstić information content (AvgIpc) is 2.88. The molecule has 0 spiro atoms. The van der Waals surface area contributed by atoms with Crippen LogP contribution in [0.25, 0.3) is 11.3 Å². The number of carbonyl (C=O) groups is 1. The molecule has 0 saturated heterocycles.